The number of ether oxygens (including phenoxy) is 1. The Kier molecular flexibility index (Phi) is 4.06. The maximum atomic E-state index is 13.5. The normalized spacial score (nSPS) is 19.5. The smallest absolute Gasteiger partial charge is 0.211 e. The highest BCUT2D eigenvalue weighted by Crippen LogP contribution is 2.37. The summed E-state index contributed by atoms with van der Waals surface area (Å²) in [6, 6.07) is 4.85. The lowest BCUT2D eigenvalue weighted by atomic mass is 9.89. The number of methoxy groups -OCH3 is 1. The van der Waals surface area contributed by atoms with Crippen molar-refractivity contribution in [1.82, 2.24) is 0 Å². The molecule has 6 heteroatoms. The Morgan fingerprint density at radius 1 is 1.37 bits per heavy atom. The molecule has 0 radical (unpaired) electrons. The maximum absolute atomic E-state index is 13.5. The van der Waals surface area contributed by atoms with Crippen molar-refractivity contribution in [2.45, 2.75) is 5.92 Å². The van der Waals surface area contributed by atoms with Crippen LogP contribution in [0.4, 0.5) is 8.78 Å². The number of benzene rings is 1. The van der Waals surface area contributed by atoms with Crippen molar-refractivity contribution in [3.8, 4) is 0 Å². The molecular weight excluding hydrogens is 341 g/mol. The third kappa shape index (κ3) is 2.58. The summed E-state index contributed by atoms with van der Waals surface area (Å²) in [5.41, 5.74) is 0.387. The van der Waals surface area contributed by atoms with Crippen LogP contribution in [0.5, 0.6) is 0 Å². The number of halogens is 4. The summed E-state index contributed by atoms with van der Waals surface area (Å²) in [7, 11) is 1.12. The van der Waals surface area contributed by atoms with Crippen LogP contribution in [0.1, 0.15) is 11.5 Å². The average Bonchev–Trinajstić information content (AvgIpc) is 2.38. The van der Waals surface area contributed by atoms with Crippen LogP contribution in [0, 0.1) is 0 Å². The molecule has 1 aromatic carbocycles. The second-order valence-electron chi connectivity index (χ2n) is 3.87. The molecule has 0 aromatic heterocycles. The van der Waals surface area contributed by atoms with Crippen LogP contribution in [0.15, 0.2) is 46.2 Å². The topological polar surface area (TPSA) is 26.3 Å². The molecule has 0 fully saturated rings. The van der Waals surface area contributed by atoms with Crippen LogP contribution in [0.3, 0.4) is 0 Å². The van der Waals surface area contributed by atoms with E-state index in [1.807, 2.05) is 0 Å². The van der Waals surface area contributed by atoms with E-state index in [1.165, 1.54) is 0 Å². The van der Waals surface area contributed by atoms with Crippen molar-refractivity contribution in [3.63, 3.8) is 0 Å². The third-order valence-electron chi connectivity index (χ3n) is 2.73. The highest BCUT2D eigenvalue weighted by Gasteiger charge is 2.34. The van der Waals surface area contributed by atoms with Crippen molar-refractivity contribution in [2.75, 3.05) is 7.11 Å². The fourth-order valence-corrected chi connectivity index (χ4v) is 2.44. The minimum Gasteiger partial charge on any atom is -0.490 e. The summed E-state index contributed by atoms with van der Waals surface area (Å²) in [5, 5.41) is 0.295. The van der Waals surface area contributed by atoms with Gasteiger partial charge in [0.25, 0.3) is 0 Å². The van der Waals surface area contributed by atoms with Gasteiger partial charge in [-0.15, -0.1) is 0 Å². The predicted molar refractivity (Wildman–Crippen MR) is 71.2 cm³/mol. The SMILES string of the molecule is COC1=C(F)C(F)=CC(c2cc(Br)ccc2Cl)C1=O. The Balaban J connectivity index is 2.53. The molecule has 1 unspecified atom stereocenters. The Morgan fingerprint density at radius 2 is 2.05 bits per heavy atom. The van der Waals surface area contributed by atoms with Gasteiger partial charge < -0.3 is 4.74 Å². The first-order chi connectivity index (χ1) is 8.95. The van der Waals surface area contributed by atoms with Crippen molar-refractivity contribution >= 4 is 33.3 Å². The highest BCUT2D eigenvalue weighted by atomic mass is 79.9. The minimum absolute atomic E-state index is 0.295. The van der Waals surface area contributed by atoms with Gasteiger partial charge in [-0.3, -0.25) is 4.79 Å². The lowest BCUT2D eigenvalue weighted by Gasteiger charge is -2.19. The summed E-state index contributed by atoms with van der Waals surface area (Å²) in [6.07, 6.45) is 0.897. The Hall–Kier alpha value is -1.20. The van der Waals surface area contributed by atoms with E-state index >= 15 is 0 Å². The number of rotatable bonds is 2. The summed E-state index contributed by atoms with van der Waals surface area (Å²) < 4.78 is 32.2. The van der Waals surface area contributed by atoms with E-state index in [1.54, 1.807) is 18.2 Å². The summed E-state index contributed by atoms with van der Waals surface area (Å²) in [5.74, 6) is -4.70. The molecule has 0 heterocycles. The molecule has 1 atom stereocenters. The fraction of sp³-hybridized carbons (Fsp3) is 0.154. The molecule has 19 heavy (non-hydrogen) atoms. The van der Waals surface area contributed by atoms with E-state index < -0.39 is 29.1 Å². The number of carbonyl (C=O) groups is 1. The summed E-state index contributed by atoms with van der Waals surface area (Å²) in [4.78, 5) is 12.1. The number of hydrogen-bond acceptors (Lipinski definition) is 2. The monoisotopic (exact) mass is 348 g/mol. The quantitative estimate of drug-likeness (QED) is 0.788. The van der Waals surface area contributed by atoms with Gasteiger partial charge in [-0.25, -0.2) is 4.39 Å². The molecule has 0 amide bonds. The van der Waals surface area contributed by atoms with E-state index in [9.17, 15) is 13.6 Å². The molecule has 2 rings (SSSR count). The lowest BCUT2D eigenvalue weighted by molar-refractivity contribution is -0.119. The van der Waals surface area contributed by atoms with Crippen molar-refractivity contribution in [1.29, 1.82) is 0 Å². The molecule has 0 bridgehead atoms. The van der Waals surface area contributed by atoms with Gasteiger partial charge in [-0.2, -0.15) is 4.39 Å². The fourth-order valence-electron chi connectivity index (χ4n) is 1.83. The van der Waals surface area contributed by atoms with Crippen molar-refractivity contribution in [2.24, 2.45) is 0 Å². The van der Waals surface area contributed by atoms with Gasteiger partial charge in [0.05, 0.1) is 13.0 Å². The minimum atomic E-state index is -1.28. The average molecular weight is 350 g/mol. The van der Waals surface area contributed by atoms with Gasteiger partial charge >= 0.3 is 0 Å². The molecule has 1 aliphatic carbocycles. The van der Waals surface area contributed by atoms with Crippen LogP contribution in [0.2, 0.25) is 5.02 Å². The Bertz CT molecular complexity index is 611. The van der Waals surface area contributed by atoms with Crippen LogP contribution in [-0.2, 0) is 9.53 Å². The van der Waals surface area contributed by atoms with Gasteiger partial charge in [0, 0.05) is 9.50 Å². The number of Topliss-reactive ketones (excluding diaryl/α,β-unsaturated/α-hetero) is 1. The van der Waals surface area contributed by atoms with E-state index in [2.05, 4.69) is 20.7 Å². The second kappa shape index (κ2) is 5.43. The van der Waals surface area contributed by atoms with Gasteiger partial charge in [0.1, 0.15) is 0 Å². The number of carbonyl (C=O) groups excluding carboxylic acids is 1. The van der Waals surface area contributed by atoms with Gasteiger partial charge in [0.2, 0.25) is 17.4 Å². The van der Waals surface area contributed by atoms with Gasteiger partial charge in [0.15, 0.2) is 5.83 Å². The highest BCUT2D eigenvalue weighted by molar-refractivity contribution is 9.10. The van der Waals surface area contributed by atoms with Gasteiger partial charge in [-0.05, 0) is 29.8 Å². The maximum Gasteiger partial charge on any atom is 0.211 e. The van der Waals surface area contributed by atoms with Gasteiger partial charge in [-0.1, -0.05) is 27.5 Å². The zero-order chi connectivity index (χ0) is 14.2. The van der Waals surface area contributed by atoms with Crippen molar-refractivity contribution < 1.29 is 18.3 Å². The number of allylic oxidation sites excluding steroid dienone is 4. The molecule has 1 aromatic rings. The first-order valence-corrected chi connectivity index (χ1v) is 6.43. The molecular formula is C13H8BrClF2O2. The summed E-state index contributed by atoms with van der Waals surface area (Å²) in [6.45, 7) is 0. The van der Waals surface area contributed by atoms with Crippen LogP contribution >= 0.6 is 27.5 Å². The van der Waals surface area contributed by atoms with E-state index in [0.29, 0.717) is 15.1 Å². The molecule has 0 N–H and O–H groups in total. The molecule has 0 saturated heterocycles. The zero-order valence-corrected chi connectivity index (χ0v) is 12.1. The van der Waals surface area contributed by atoms with E-state index in [4.69, 9.17) is 11.6 Å². The third-order valence-corrected chi connectivity index (χ3v) is 3.56. The second-order valence-corrected chi connectivity index (χ2v) is 5.19. The molecule has 1 aliphatic rings. The first kappa shape index (κ1) is 14.2. The number of ketones is 1. The largest absolute Gasteiger partial charge is 0.490 e. The lowest BCUT2D eigenvalue weighted by Crippen LogP contribution is -2.20. The molecule has 2 nitrogen and oxygen atoms in total. The molecule has 0 spiro atoms. The van der Waals surface area contributed by atoms with E-state index in [0.717, 1.165) is 13.2 Å². The standard InChI is InChI=1S/C13H8BrClF2O2/c1-19-13-11(17)10(16)5-8(12(13)18)7-4-6(14)2-3-9(7)15/h2-5,8H,1H3. The molecule has 100 valence electrons. The Morgan fingerprint density at radius 3 is 2.68 bits per heavy atom. The first-order valence-electron chi connectivity index (χ1n) is 5.26. The zero-order valence-electron chi connectivity index (χ0n) is 9.72. The van der Waals surface area contributed by atoms with Crippen LogP contribution in [0.25, 0.3) is 0 Å². The Labute approximate surface area is 121 Å². The number of hydrogen-bond donors (Lipinski definition) is 0. The van der Waals surface area contributed by atoms with Crippen molar-refractivity contribution in [3.05, 3.63) is 56.7 Å². The molecule has 0 aliphatic heterocycles. The van der Waals surface area contributed by atoms with Crippen LogP contribution < -0.4 is 0 Å². The molecule has 0 saturated carbocycles. The van der Waals surface area contributed by atoms with E-state index in [-0.39, 0.29) is 0 Å². The summed E-state index contributed by atoms with van der Waals surface area (Å²) >= 11 is 9.23. The predicted octanol–water partition coefficient (Wildman–Crippen LogP) is 4.45. The van der Waals surface area contributed by atoms with Crippen LogP contribution in [-0.4, -0.2) is 12.9 Å².